The zero-order valence-corrected chi connectivity index (χ0v) is 21.4. The maximum atomic E-state index is 12.8. The second-order valence-corrected chi connectivity index (χ2v) is 11.0. The van der Waals surface area contributed by atoms with Gasteiger partial charge in [0.2, 0.25) is 5.91 Å². The van der Waals surface area contributed by atoms with Crippen molar-refractivity contribution in [2.45, 2.75) is 110 Å². The average Bonchev–Trinajstić information content (AvgIpc) is 3.32. The van der Waals surface area contributed by atoms with E-state index in [0.717, 1.165) is 37.8 Å². The minimum Gasteiger partial charge on any atom is -0.469 e. The van der Waals surface area contributed by atoms with Gasteiger partial charge < -0.3 is 20.1 Å². The predicted molar refractivity (Wildman–Crippen MR) is 129 cm³/mol. The fourth-order valence-electron chi connectivity index (χ4n) is 4.87. The molecule has 2 atom stereocenters. The molecule has 0 aliphatic heterocycles. The van der Waals surface area contributed by atoms with E-state index in [1.807, 2.05) is 45.4 Å². The summed E-state index contributed by atoms with van der Waals surface area (Å²) in [5, 5.41) is 10.6. The Labute approximate surface area is 202 Å². The highest BCUT2D eigenvalue weighted by Gasteiger charge is 2.45. The topological polar surface area (TPSA) is 112 Å². The Morgan fingerprint density at radius 1 is 1.24 bits per heavy atom. The summed E-state index contributed by atoms with van der Waals surface area (Å²) >= 11 is 0. The molecule has 9 nitrogen and oxygen atoms in total. The van der Waals surface area contributed by atoms with Crippen LogP contribution in [-0.2, 0) is 24.6 Å². The number of ether oxygens (including phenoxy) is 2. The summed E-state index contributed by atoms with van der Waals surface area (Å²) in [5.74, 6) is 0.461. The first-order chi connectivity index (χ1) is 15.9. The number of carbonyl (C=O) groups is 3. The highest BCUT2D eigenvalue weighted by molar-refractivity contribution is 5.90. The lowest BCUT2D eigenvalue weighted by molar-refractivity contribution is -0.159. The van der Waals surface area contributed by atoms with Gasteiger partial charge in [-0.25, -0.2) is 9.48 Å². The molecule has 2 N–H and O–H groups in total. The van der Waals surface area contributed by atoms with E-state index in [0.29, 0.717) is 18.7 Å². The van der Waals surface area contributed by atoms with Gasteiger partial charge in [-0.15, -0.1) is 0 Å². The molecule has 1 aromatic heterocycles. The lowest BCUT2D eigenvalue weighted by atomic mass is 9.66. The number of aromatic nitrogens is 2. The van der Waals surface area contributed by atoms with E-state index in [9.17, 15) is 14.4 Å². The number of anilines is 1. The molecule has 190 valence electrons. The fraction of sp³-hybridized carbons (Fsp3) is 0.760. The smallest absolute Gasteiger partial charge is 0.407 e. The van der Waals surface area contributed by atoms with E-state index in [-0.39, 0.29) is 48.0 Å². The molecule has 0 saturated heterocycles. The summed E-state index contributed by atoms with van der Waals surface area (Å²) in [7, 11) is 1.40. The third-order valence-corrected chi connectivity index (χ3v) is 6.87. The first-order valence-corrected chi connectivity index (χ1v) is 12.4. The van der Waals surface area contributed by atoms with Crippen LogP contribution in [0.1, 0.15) is 97.6 Å². The quantitative estimate of drug-likeness (QED) is 0.536. The zero-order chi connectivity index (χ0) is 25.1. The fourth-order valence-corrected chi connectivity index (χ4v) is 4.87. The van der Waals surface area contributed by atoms with Crippen LogP contribution in [0.3, 0.4) is 0 Å². The number of esters is 1. The van der Waals surface area contributed by atoms with Crippen molar-refractivity contribution < 1.29 is 23.9 Å². The monoisotopic (exact) mass is 476 g/mol. The second-order valence-electron chi connectivity index (χ2n) is 11.0. The van der Waals surface area contributed by atoms with E-state index in [4.69, 9.17) is 14.6 Å². The summed E-state index contributed by atoms with van der Waals surface area (Å²) in [5.41, 5.74) is 0.0568. The van der Waals surface area contributed by atoms with Gasteiger partial charge in [-0.3, -0.25) is 9.59 Å². The van der Waals surface area contributed by atoms with Gasteiger partial charge in [0, 0.05) is 24.4 Å². The molecule has 0 aromatic carbocycles. The van der Waals surface area contributed by atoms with Crippen LogP contribution in [0.25, 0.3) is 0 Å². The zero-order valence-electron chi connectivity index (χ0n) is 21.4. The molecule has 1 heterocycles. The molecule has 3 rings (SSSR count). The Kier molecular flexibility index (Phi) is 7.93. The van der Waals surface area contributed by atoms with Crippen LogP contribution in [0.5, 0.6) is 0 Å². The van der Waals surface area contributed by atoms with Crippen molar-refractivity contribution in [2.75, 3.05) is 12.4 Å². The van der Waals surface area contributed by atoms with Gasteiger partial charge in [0.1, 0.15) is 11.9 Å². The molecule has 2 amide bonds. The van der Waals surface area contributed by atoms with Crippen LogP contribution in [0.4, 0.5) is 10.6 Å². The number of amides is 2. The van der Waals surface area contributed by atoms with E-state index < -0.39 is 5.41 Å². The molecule has 1 aromatic rings. The first-order valence-electron chi connectivity index (χ1n) is 12.4. The van der Waals surface area contributed by atoms with Gasteiger partial charge >= 0.3 is 12.1 Å². The van der Waals surface area contributed by atoms with Crippen LogP contribution >= 0.6 is 0 Å². The van der Waals surface area contributed by atoms with Crippen molar-refractivity contribution in [3.05, 3.63) is 11.8 Å². The SMILES string of the molecule is COC(=O)C1(CCC(=O)Nc2cc([C@H]3CC[C@@H](OC(=O)NC(C)C)C3)nn2C(C)(C)C)CCC1. The first kappa shape index (κ1) is 26.0. The lowest BCUT2D eigenvalue weighted by Gasteiger charge is -2.38. The number of nitrogens with one attached hydrogen (secondary N) is 2. The average molecular weight is 477 g/mol. The number of alkyl carbamates (subject to hydrolysis) is 1. The summed E-state index contributed by atoms with van der Waals surface area (Å²) in [6.45, 7) is 9.91. The molecular weight excluding hydrogens is 436 g/mol. The van der Waals surface area contributed by atoms with E-state index in [1.165, 1.54) is 7.11 Å². The molecule has 2 fully saturated rings. The third-order valence-electron chi connectivity index (χ3n) is 6.87. The third kappa shape index (κ3) is 6.10. The Bertz CT molecular complexity index is 898. The van der Waals surface area contributed by atoms with Crippen LogP contribution < -0.4 is 10.6 Å². The highest BCUT2D eigenvalue weighted by atomic mass is 16.6. The number of carbonyl (C=O) groups excluding carboxylic acids is 3. The van der Waals surface area contributed by atoms with E-state index >= 15 is 0 Å². The van der Waals surface area contributed by atoms with Crippen LogP contribution in [0.15, 0.2) is 6.07 Å². The van der Waals surface area contributed by atoms with E-state index in [1.54, 1.807) is 0 Å². The number of hydrogen-bond acceptors (Lipinski definition) is 6. The van der Waals surface area contributed by atoms with Crippen LogP contribution in [0.2, 0.25) is 0 Å². The summed E-state index contributed by atoms with van der Waals surface area (Å²) in [4.78, 5) is 36.9. The predicted octanol–water partition coefficient (Wildman–Crippen LogP) is 4.47. The van der Waals surface area contributed by atoms with E-state index in [2.05, 4.69) is 10.6 Å². The van der Waals surface area contributed by atoms with Crippen molar-refractivity contribution in [1.82, 2.24) is 15.1 Å². The minimum atomic E-state index is -0.512. The minimum absolute atomic E-state index is 0.0325. The van der Waals surface area contributed by atoms with Gasteiger partial charge in [0.15, 0.2) is 0 Å². The number of rotatable bonds is 8. The lowest BCUT2D eigenvalue weighted by Crippen LogP contribution is -2.39. The van der Waals surface area contributed by atoms with Crippen molar-refractivity contribution >= 4 is 23.8 Å². The highest BCUT2D eigenvalue weighted by Crippen LogP contribution is 2.46. The maximum absolute atomic E-state index is 12.8. The summed E-state index contributed by atoms with van der Waals surface area (Å²) < 4.78 is 12.4. The van der Waals surface area contributed by atoms with Crippen molar-refractivity contribution in [3.8, 4) is 0 Å². The Morgan fingerprint density at radius 3 is 2.50 bits per heavy atom. The number of nitrogens with zero attached hydrogens (tertiary/aromatic N) is 2. The summed E-state index contributed by atoms with van der Waals surface area (Å²) in [6, 6.07) is 1.97. The molecule has 2 aliphatic rings. The maximum Gasteiger partial charge on any atom is 0.407 e. The molecule has 2 saturated carbocycles. The number of hydrogen-bond donors (Lipinski definition) is 2. The van der Waals surface area contributed by atoms with Gasteiger partial charge in [0.05, 0.1) is 23.8 Å². The van der Waals surface area contributed by atoms with Gasteiger partial charge in [-0.05, 0) is 73.1 Å². The van der Waals surface area contributed by atoms with Crippen molar-refractivity contribution in [2.24, 2.45) is 5.41 Å². The van der Waals surface area contributed by atoms with Crippen LogP contribution in [0, 0.1) is 5.41 Å². The van der Waals surface area contributed by atoms with Crippen LogP contribution in [-0.4, -0.2) is 47.0 Å². The Morgan fingerprint density at radius 2 is 1.94 bits per heavy atom. The number of methoxy groups -OCH3 is 1. The Hall–Kier alpha value is -2.58. The largest absolute Gasteiger partial charge is 0.469 e. The van der Waals surface area contributed by atoms with Gasteiger partial charge in [-0.2, -0.15) is 5.10 Å². The molecule has 34 heavy (non-hydrogen) atoms. The van der Waals surface area contributed by atoms with Crippen molar-refractivity contribution in [3.63, 3.8) is 0 Å². The molecule has 0 spiro atoms. The molecular formula is C25H40N4O5. The standard InChI is InChI=1S/C25H40N4O5/c1-16(2)26-23(32)34-18-9-8-17(14-18)19-15-20(29(28-19)24(3,4)5)27-21(30)10-13-25(11-7-12-25)22(31)33-6/h15-18H,7-14H2,1-6H3,(H,26,32)(H,27,30)/t17-,18+/m0/s1. The van der Waals surface area contributed by atoms with Gasteiger partial charge in [-0.1, -0.05) is 6.42 Å². The molecule has 0 radical (unpaired) electrons. The van der Waals surface area contributed by atoms with Gasteiger partial charge in [0.25, 0.3) is 0 Å². The molecule has 0 unspecified atom stereocenters. The molecule has 9 heteroatoms. The molecule has 2 aliphatic carbocycles. The normalized spacial score (nSPS) is 21.6. The second kappa shape index (κ2) is 10.4. The molecule has 0 bridgehead atoms. The summed E-state index contributed by atoms with van der Waals surface area (Å²) in [6.07, 6.45) is 5.12. The Balaban J connectivity index is 1.64. The van der Waals surface area contributed by atoms with Crippen molar-refractivity contribution in [1.29, 1.82) is 0 Å².